The maximum absolute atomic E-state index is 13.1. The van der Waals surface area contributed by atoms with Crippen LogP contribution in [0.3, 0.4) is 0 Å². The van der Waals surface area contributed by atoms with Gasteiger partial charge in [-0.15, -0.1) is 0 Å². The third-order valence-electron chi connectivity index (χ3n) is 4.28. The molecule has 1 unspecified atom stereocenters. The summed E-state index contributed by atoms with van der Waals surface area (Å²) in [5, 5.41) is 3.14. The predicted octanol–water partition coefficient (Wildman–Crippen LogP) is 2.36. The van der Waals surface area contributed by atoms with E-state index in [1.54, 1.807) is 11.9 Å². The Kier molecular flexibility index (Phi) is 9.62. The van der Waals surface area contributed by atoms with Crippen LogP contribution in [0.15, 0.2) is 6.07 Å². The molecule has 0 aliphatic carbocycles. The zero-order valence-corrected chi connectivity index (χ0v) is 17.5. The minimum absolute atomic E-state index is 0.000615. The van der Waals surface area contributed by atoms with Gasteiger partial charge in [-0.3, -0.25) is 4.79 Å². The fraction of sp³-hybridized carbons (Fsp3) is 0.684. The van der Waals surface area contributed by atoms with Crippen LogP contribution in [0.25, 0.3) is 0 Å². The second-order valence-electron chi connectivity index (χ2n) is 6.89. The Balaban J connectivity index is 3.21. The molecule has 1 amide bonds. The number of aryl methyl sites for hydroxylation is 1. The highest BCUT2D eigenvalue weighted by Crippen LogP contribution is 2.26. The largest absolute Gasteiger partial charge is 0.364 e. The van der Waals surface area contributed by atoms with E-state index in [1.807, 2.05) is 38.9 Å². The first-order valence-electron chi connectivity index (χ1n) is 9.04. The number of hydrogen-bond donors (Lipinski definition) is 1. The molecule has 1 rings (SSSR count). The summed E-state index contributed by atoms with van der Waals surface area (Å²) in [6, 6.07) is 1.64. The van der Waals surface area contributed by atoms with Gasteiger partial charge in [0.05, 0.1) is 12.6 Å². The van der Waals surface area contributed by atoms with Crippen molar-refractivity contribution in [3.63, 3.8) is 0 Å². The Morgan fingerprint density at radius 3 is 2.41 bits per heavy atom. The molecule has 1 aromatic rings. The van der Waals surface area contributed by atoms with Crippen LogP contribution in [0.4, 0.5) is 10.2 Å². The zero-order valence-electron chi connectivity index (χ0n) is 17.5. The van der Waals surface area contributed by atoms with E-state index < -0.39 is 13.0 Å². The lowest BCUT2D eigenvalue weighted by Crippen LogP contribution is -2.35. The molecule has 0 aliphatic heterocycles. The number of alkyl halides is 1. The number of carbonyl (C=O) groups is 1. The number of pyridine rings is 1. The minimum Gasteiger partial charge on any atom is -0.364 e. The molecule has 27 heavy (non-hydrogen) atoms. The maximum atomic E-state index is 13.1. The molecule has 7 nitrogen and oxygen atoms in total. The maximum Gasteiger partial charge on any atom is 0.236 e. The number of methoxy groups -OCH3 is 2. The first kappa shape index (κ1) is 23.3. The molecule has 1 N–H and O–H groups in total. The zero-order chi connectivity index (χ0) is 20.6. The number of aromatic nitrogens is 1. The van der Waals surface area contributed by atoms with Crippen molar-refractivity contribution in [1.82, 2.24) is 14.8 Å². The molecule has 8 heteroatoms. The topological polar surface area (TPSA) is 66.9 Å². The van der Waals surface area contributed by atoms with Gasteiger partial charge in [0.2, 0.25) is 12.2 Å². The number of nitrogens with one attached hydrogen (secondary N) is 1. The Morgan fingerprint density at radius 1 is 1.30 bits per heavy atom. The lowest BCUT2D eigenvalue weighted by molar-refractivity contribution is -0.131. The quantitative estimate of drug-likeness (QED) is 0.591. The van der Waals surface area contributed by atoms with Crippen LogP contribution in [0, 0.1) is 6.92 Å². The number of rotatable bonds is 11. The van der Waals surface area contributed by atoms with Crippen molar-refractivity contribution in [2.24, 2.45) is 0 Å². The van der Waals surface area contributed by atoms with Gasteiger partial charge in [0.25, 0.3) is 0 Å². The molecule has 0 aromatic carbocycles. The molecular weight excluding hydrogens is 351 g/mol. The van der Waals surface area contributed by atoms with E-state index in [0.717, 1.165) is 11.1 Å². The van der Waals surface area contributed by atoms with E-state index in [2.05, 4.69) is 10.3 Å². The van der Waals surface area contributed by atoms with Gasteiger partial charge in [-0.1, -0.05) is 6.92 Å². The average Bonchev–Trinajstić information content (AvgIpc) is 2.62. The first-order valence-corrected chi connectivity index (χ1v) is 9.04. The third-order valence-corrected chi connectivity index (χ3v) is 4.28. The van der Waals surface area contributed by atoms with E-state index in [4.69, 9.17) is 9.47 Å². The van der Waals surface area contributed by atoms with Crippen LogP contribution in [0.1, 0.15) is 36.5 Å². The van der Waals surface area contributed by atoms with Crippen LogP contribution in [0.5, 0.6) is 0 Å². The molecule has 0 fully saturated rings. The molecule has 0 saturated heterocycles. The van der Waals surface area contributed by atoms with E-state index in [9.17, 15) is 9.18 Å². The number of hydrogen-bond acceptors (Lipinski definition) is 6. The first-order chi connectivity index (χ1) is 12.8. The van der Waals surface area contributed by atoms with Gasteiger partial charge in [-0.2, -0.15) is 0 Å². The second-order valence-corrected chi connectivity index (χ2v) is 6.89. The van der Waals surface area contributed by atoms with Gasteiger partial charge in [-0.05, 0) is 44.6 Å². The minimum atomic E-state index is -0.677. The predicted molar refractivity (Wildman–Crippen MR) is 104 cm³/mol. The van der Waals surface area contributed by atoms with Gasteiger partial charge in [0, 0.05) is 27.8 Å². The Labute approximate surface area is 161 Å². The monoisotopic (exact) mass is 384 g/mol. The molecule has 154 valence electrons. The molecule has 0 spiro atoms. The molecular formula is C19H33FN4O3. The highest BCUT2D eigenvalue weighted by molar-refractivity contribution is 5.78. The lowest BCUT2D eigenvalue weighted by atomic mass is 10.1. The van der Waals surface area contributed by atoms with Crippen LogP contribution in [-0.2, 0) is 20.8 Å². The van der Waals surface area contributed by atoms with Crippen molar-refractivity contribution in [3.05, 3.63) is 22.9 Å². The van der Waals surface area contributed by atoms with Crippen molar-refractivity contribution in [1.29, 1.82) is 0 Å². The van der Waals surface area contributed by atoms with Crippen molar-refractivity contribution in [2.75, 3.05) is 53.9 Å². The number of amides is 1. The number of carbonyl (C=O) groups excluding carboxylic acids is 1. The summed E-state index contributed by atoms with van der Waals surface area (Å²) in [5.74, 6) is 0.597. The Hall–Kier alpha value is -1.77. The van der Waals surface area contributed by atoms with Gasteiger partial charge in [-0.25, -0.2) is 9.37 Å². The van der Waals surface area contributed by atoms with Gasteiger partial charge in [0.15, 0.2) is 0 Å². The lowest BCUT2D eigenvalue weighted by Gasteiger charge is -2.25. The summed E-state index contributed by atoms with van der Waals surface area (Å²) in [6.07, 6.45) is -0.0296. The highest BCUT2D eigenvalue weighted by Gasteiger charge is 2.22. The van der Waals surface area contributed by atoms with E-state index in [1.165, 1.54) is 14.2 Å². The smallest absolute Gasteiger partial charge is 0.236 e. The van der Waals surface area contributed by atoms with Gasteiger partial charge < -0.3 is 24.6 Å². The summed E-state index contributed by atoms with van der Waals surface area (Å²) in [4.78, 5) is 20.4. The fourth-order valence-electron chi connectivity index (χ4n) is 2.66. The summed E-state index contributed by atoms with van der Waals surface area (Å²) in [6.45, 7) is 4.04. The molecule has 0 saturated carbocycles. The molecule has 1 heterocycles. The number of halogens is 1. The third kappa shape index (κ3) is 6.71. The van der Waals surface area contributed by atoms with E-state index in [-0.39, 0.29) is 11.9 Å². The standard InChI is InChI=1S/C19H33FN4O3/c1-8-15(10-20)21-18-13(2)9-14(17(22-18)19(26-6)27-7)11-24(5)16(25)12-23(3)4/h9,15,19H,8,10-12H2,1-7H3,(H,21,22). The highest BCUT2D eigenvalue weighted by atomic mass is 19.1. The van der Waals surface area contributed by atoms with Crippen LogP contribution >= 0.6 is 0 Å². The van der Waals surface area contributed by atoms with Crippen LogP contribution in [-0.4, -0.2) is 75.3 Å². The van der Waals surface area contributed by atoms with Crippen molar-refractivity contribution in [3.8, 4) is 0 Å². The van der Waals surface area contributed by atoms with Crippen molar-refractivity contribution < 1.29 is 18.7 Å². The summed E-state index contributed by atoms with van der Waals surface area (Å²) in [5.41, 5.74) is 2.28. The Morgan fingerprint density at radius 2 is 1.93 bits per heavy atom. The van der Waals surface area contributed by atoms with Crippen molar-refractivity contribution >= 4 is 11.7 Å². The normalized spacial score (nSPS) is 12.5. The fourth-order valence-corrected chi connectivity index (χ4v) is 2.66. The Bertz CT molecular complexity index is 605. The van der Waals surface area contributed by atoms with E-state index >= 15 is 0 Å². The van der Waals surface area contributed by atoms with Crippen LogP contribution in [0.2, 0.25) is 0 Å². The van der Waals surface area contributed by atoms with Crippen molar-refractivity contribution in [2.45, 2.75) is 39.1 Å². The number of likely N-dealkylation sites (N-methyl/N-ethyl adjacent to an activating group) is 2. The van der Waals surface area contributed by atoms with Gasteiger partial charge in [0.1, 0.15) is 18.2 Å². The molecule has 1 atom stereocenters. The molecule has 0 radical (unpaired) electrons. The average molecular weight is 384 g/mol. The summed E-state index contributed by atoms with van der Waals surface area (Å²) in [7, 11) is 8.52. The molecule has 1 aromatic heterocycles. The molecule has 0 bridgehead atoms. The SMILES string of the molecule is CCC(CF)Nc1nc(C(OC)OC)c(CN(C)C(=O)CN(C)C)cc1C. The number of ether oxygens (including phenoxy) is 2. The van der Waals surface area contributed by atoms with E-state index in [0.29, 0.717) is 31.0 Å². The number of anilines is 1. The van der Waals surface area contributed by atoms with Gasteiger partial charge >= 0.3 is 0 Å². The van der Waals surface area contributed by atoms with Crippen LogP contribution < -0.4 is 5.32 Å². The summed E-state index contributed by atoms with van der Waals surface area (Å²) < 4.78 is 23.9. The number of nitrogens with zero attached hydrogens (tertiary/aromatic N) is 3. The second kappa shape index (κ2) is 11.2. The molecule has 0 aliphatic rings. The summed E-state index contributed by atoms with van der Waals surface area (Å²) >= 11 is 0.